The highest BCUT2D eigenvalue weighted by Crippen LogP contribution is 2.22. The van der Waals surface area contributed by atoms with Crippen LogP contribution in [0.5, 0.6) is 0 Å². The van der Waals surface area contributed by atoms with Crippen LogP contribution in [0.3, 0.4) is 0 Å². The Balaban J connectivity index is 2.37. The molecule has 116 valence electrons. The molecule has 1 rings (SSSR count). The Morgan fingerprint density at radius 1 is 1.30 bits per heavy atom. The molecule has 3 nitrogen and oxygen atoms in total. The first kappa shape index (κ1) is 17.6. The fourth-order valence-electron chi connectivity index (χ4n) is 1.87. The largest absolute Gasteiger partial charge is 0.379 e. The lowest BCUT2D eigenvalue weighted by molar-refractivity contribution is -0.0117. The van der Waals surface area contributed by atoms with Gasteiger partial charge in [-0.1, -0.05) is 13.8 Å². The number of ether oxygens (including phenoxy) is 2. The van der Waals surface area contributed by atoms with E-state index in [1.165, 1.54) is 15.3 Å². The van der Waals surface area contributed by atoms with Crippen molar-refractivity contribution < 1.29 is 9.47 Å². The maximum Gasteiger partial charge on any atom is 0.0785 e. The molecule has 0 spiro atoms. The van der Waals surface area contributed by atoms with Gasteiger partial charge in [0.1, 0.15) is 0 Å². The zero-order valence-electron chi connectivity index (χ0n) is 13.5. The molecule has 0 aliphatic carbocycles. The van der Waals surface area contributed by atoms with Gasteiger partial charge < -0.3 is 14.8 Å². The smallest absolute Gasteiger partial charge is 0.0785 e. The lowest BCUT2D eigenvalue weighted by atomic mass is 10.2. The highest BCUT2D eigenvalue weighted by molar-refractivity contribution is 7.12. The third-order valence-corrected chi connectivity index (χ3v) is 4.10. The van der Waals surface area contributed by atoms with Crippen molar-refractivity contribution in [2.45, 2.75) is 53.9 Å². The average Bonchev–Trinajstić information content (AvgIpc) is 2.74. The molecule has 0 bridgehead atoms. The van der Waals surface area contributed by atoms with Gasteiger partial charge in [0.25, 0.3) is 0 Å². The van der Waals surface area contributed by atoms with Crippen LogP contribution < -0.4 is 5.32 Å². The molecule has 4 heteroatoms. The van der Waals surface area contributed by atoms with Crippen molar-refractivity contribution >= 4 is 11.3 Å². The number of hydrogen-bond donors (Lipinski definition) is 1. The second-order valence-electron chi connectivity index (χ2n) is 5.60. The summed E-state index contributed by atoms with van der Waals surface area (Å²) in [7, 11) is 0. The number of thiophene rings is 1. The van der Waals surface area contributed by atoms with Crippen LogP contribution in [0.2, 0.25) is 0 Å². The Bertz CT molecular complexity index is 377. The Hall–Kier alpha value is -0.420. The molecule has 0 aromatic carbocycles. The van der Waals surface area contributed by atoms with Gasteiger partial charge in [-0.05, 0) is 44.9 Å². The van der Waals surface area contributed by atoms with Crippen LogP contribution in [-0.4, -0.2) is 25.9 Å². The average molecular weight is 299 g/mol. The van der Waals surface area contributed by atoms with Gasteiger partial charge in [-0.25, -0.2) is 0 Å². The van der Waals surface area contributed by atoms with Gasteiger partial charge >= 0.3 is 0 Å². The topological polar surface area (TPSA) is 30.5 Å². The van der Waals surface area contributed by atoms with Crippen LogP contribution in [-0.2, 0) is 22.6 Å². The van der Waals surface area contributed by atoms with Gasteiger partial charge in [-0.3, -0.25) is 0 Å². The summed E-state index contributed by atoms with van der Waals surface area (Å²) in [6, 6.07) is 2.26. The fraction of sp³-hybridized carbons (Fsp3) is 0.750. The molecule has 1 N–H and O–H groups in total. The van der Waals surface area contributed by atoms with Crippen molar-refractivity contribution in [1.29, 1.82) is 0 Å². The Morgan fingerprint density at radius 3 is 2.70 bits per heavy atom. The summed E-state index contributed by atoms with van der Waals surface area (Å²) < 4.78 is 11.2. The lowest BCUT2D eigenvalue weighted by Gasteiger charge is -2.12. The van der Waals surface area contributed by atoms with Gasteiger partial charge in [-0.15, -0.1) is 11.3 Å². The van der Waals surface area contributed by atoms with E-state index in [4.69, 9.17) is 9.47 Å². The highest BCUT2D eigenvalue weighted by atomic mass is 32.1. The Kier molecular flexibility index (Phi) is 8.38. The molecule has 1 aromatic heterocycles. The Morgan fingerprint density at radius 2 is 2.05 bits per heavy atom. The molecule has 20 heavy (non-hydrogen) atoms. The van der Waals surface area contributed by atoms with Gasteiger partial charge in [0.05, 0.1) is 19.3 Å². The van der Waals surface area contributed by atoms with E-state index >= 15 is 0 Å². The number of hydrogen-bond acceptors (Lipinski definition) is 4. The standard InChI is InChI=1S/C16H29NO2S/c1-6-18-10-13(4)19-11-15-7-16(20-14(15)5)9-17-8-12(2)3/h7,12-13,17H,6,8-11H2,1-5H3. The summed E-state index contributed by atoms with van der Waals surface area (Å²) in [6.45, 7) is 14.8. The predicted molar refractivity (Wildman–Crippen MR) is 86.3 cm³/mol. The second kappa shape index (κ2) is 9.50. The summed E-state index contributed by atoms with van der Waals surface area (Å²) in [5.74, 6) is 0.693. The highest BCUT2D eigenvalue weighted by Gasteiger charge is 2.08. The normalized spacial score (nSPS) is 13.1. The van der Waals surface area contributed by atoms with E-state index in [1.807, 2.05) is 18.3 Å². The van der Waals surface area contributed by atoms with Crippen LogP contribution in [0.1, 0.15) is 43.0 Å². The maximum atomic E-state index is 5.83. The van der Waals surface area contributed by atoms with Crippen molar-refractivity contribution in [3.8, 4) is 0 Å². The molecule has 1 atom stereocenters. The quantitative estimate of drug-likeness (QED) is 0.714. The first-order valence-corrected chi connectivity index (χ1v) is 8.32. The monoisotopic (exact) mass is 299 g/mol. The van der Waals surface area contributed by atoms with E-state index in [9.17, 15) is 0 Å². The first-order chi connectivity index (χ1) is 9.52. The van der Waals surface area contributed by atoms with E-state index < -0.39 is 0 Å². The minimum absolute atomic E-state index is 0.150. The molecule has 0 fully saturated rings. The van der Waals surface area contributed by atoms with Crippen molar-refractivity contribution in [3.05, 3.63) is 21.4 Å². The third kappa shape index (κ3) is 6.84. The first-order valence-electron chi connectivity index (χ1n) is 7.51. The zero-order chi connectivity index (χ0) is 15.0. The maximum absolute atomic E-state index is 5.83. The zero-order valence-corrected chi connectivity index (χ0v) is 14.3. The van der Waals surface area contributed by atoms with Crippen molar-refractivity contribution in [2.24, 2.45) is 5.92 Å². The molecule has 1 heterocycles. The minimum atomic E-state index is 0.150. The van der Waals surface area contributed by atoms with Crippen LogP contribution in [0.15, 0.2) is 6.07 Å². The molecule has 0 aliphatic heterocycles. The lowest BCUT2D eigenvalue weighted by Crippen LogP contribution is -2.18. The second-order valence-corrected chi connectivity index (χ2v) is 6.94. The summed E-state index contributed by atoms with van der Waals surface area (Å²) in [4.78, 5) is 2.74. The van der Waals surface area contributed by atoms with E-state index in [0.717, 1.165) is 19.7 Å². The molecule has 0 aliphatic rings. The van der Waals surface area contributed by atoms with Gasteiger partial charge in [0, 0.05) is 22.9 Å². The molecule has 0 amide bonds. The Labute approximate surface area is 127 Å². The van der Waals surface area contributed by atoms with Crippen LogP contribution >= 0.6 is 11.3 Å². The van der Waals surface area contributed by atoms with Crippen molar-refractivity contribution in [1.82, 2.24) is 5.32 Å². The number of nitrogens with one attached hydrogen (secondary N) is 1. The van der Waals surface area contributed by atoms with Crippen molar-refractivity contribution in [2.75, 3.05) is 19.8 Å². The number of rotatable bonds is 10. The van der Waals surface area contributed by atoms with Gasteiger partial charge in [0.15, 0.2) is 0 Å². The van der Waals surface area contributed by atoms with E-state index in [0.29, 0.717) is 19.1 Å². The molecule has 0 saturated carbocycles. The summed E-state index contributed by atoms with van der Waals surface area (Å²) in [5, 5.41) is 3.48. The minimum Gasteiger partial charge on any atom is -0.379 e. The summed E-state index contributed by atoms with van der Waals surface area (Å²) in [6.07, 6.45) is 0.150. The van der Waals surface area contributed by atoms with Crippen LogP contribution in [0.25, 0.3) is 0 Å². The van der Waals surface area contributed by atoms with Crippen molar-refractivity contribution in [3.63, 3.8) is 0 Å². The van der Waals surface area contributed by atoms with E-state index in [1.54, 1.807) is 0 Å². The molecule has 0 radical (unpaired) electrons. The van der Waals surface area contributed by atoms with Gasteiger partial charge in [0.2, 0.25) is 0 Å². The molecule has 1 unspecified atom stereocenters. The summed E-state index contributed by atoms with van der Waals surface area (Å²) in [5.41, 5.74) is 1.31. The third-order valence-electron chi connectivity index (χ3n) is 3.00. The van der Waals surface area contributed by atoms with E-state index in [-0.39, 0.29) is 6.10 Å². The molecular formula is C16H29NO2S. The molecule has 1 aromatic rings. The predicted octanol–water partition coefficient (Wildman–Crippen LogP) is 3.74. The molecular weight excluding hydrogens is 270 g/mol. The summed E-state index contributed by atoms with van der Waals surface area (Å²) >= 11 is 1.86. The van der Waals surface area contributed by atoms with E-state index in [2.05, 4.69) is 39.1 Å². The SMILES string of the molecule is CCOCC(C)OCc1cc(CNCC(C)C)sc1C. The van der Waals surface area contributed by atoms with Crippen LogP contribution in [0.4, 0.5) is 0 Å². The van der Waals surface area contributed by atoms with Gasteiger partial charge in [-0.2, -0.15) is 0 Å². The number of aryl methyl sites for hydroxylation is 1. The fourth-order valence-corrected chi connectivity index (χ4v) is 2.88. The van der Waals surface area contributed by atoms with Crippen LogP contribution in [0, 0.1) is 12.8 Å². The molecule has 0 saturated heterocycles.